The van der Waals surface area contributed by atoms with E-state index in [9.17, 15) is 14.0 Å². The highest BCUT2D eigenvalue weighted by Crippen LogP contribution is 2.27. The zero-order valence-corrected chi connectivity index (χ0v) is 19.3. The number of nitrogens with zero attached hydrogens (tertiary/aromatic N) is 3. The Hall–Kier alpha value is -3.76. The molecule has 34 heavy (non-hydrogen) atoms. The highest BCUT2D eigenvalue weighted by molar-refractivity contribution is 7.99. The molecule has 3 aromatic heterocycles. The number of hydrogen-bond acceptors (Lipinski definition) is 6. The van der Waals surface area contributed by atoms with Gasteiger partial charge in [-0.15, -0.1) is 11.3 Å². The maximum atomic E-state index is 13.4. The molecule has 0 radical (unpaired) electrons. The highest BCUT2D eigenvalue weighted by Gasteiger charge is 2.19. The number of carbonyl (C=O) groups excluding carboxylic acids is 1. The fourth-order valence-electron chi connectivity index (χ4n) is 3.49. The Bertz CT molecular complexity index is 1480. The Kier molecular flexibility index (Phi) is 6.24. The maximum absolute atomic E-state index is 13.4. The summed E-state index contributed by atoms with van der Waals surface area (Å²) in [6.07, 6.45) is 1.48. The summed E-state index contributed by atoms with van der Waals surface area (Å²) in [4.78, 5) is 33.5. The van der Waals surface area contributed by atoms with Crippen LogP contribution in [0.2, 0.25) is 0 Å². The normalized spacial score (nSPS) is 12.0. The van der Waals surface area contributed by atoms with E-state index in [0.717, 1.165) is 27.9 Å². The molecule has 5 rings (SSSR count). The Balaban J connectivity index is 1.35. The molecule has 10 heteroatoms. The predicted octanol–water partition coefficient (Wildman–Crippen LogP) is 4.31. The quantitative estimate of drug-likeness (QED) is 0.262. The van der Waals surface area contributed by atoms with E-state index in [4.69, 9.17) is 0 Å². The average molecular weight is 492 g/mol. The lowest BCUT2D eigenvalue weighted by molar-refractivity contribution is -0.119. The van der Waals surface area contributed by atoms with Gasteiger partial charge in [-0.05, 0) is 41.3 Å². The molecule has 2 aromatic carbocycles. The first-order chi connectivity index (χ1) is 16.6. The third kappa shape index (κ3) is 4.63. The van der Waals surface area contributed by atoms with E-state index >= 15 is 0 Å². The molecule has 3 heterocycles. The van der Waals surface area contributed by atoms with Crippen LogP contribution in [-0.2, 0) is 4.79 Å². The molecule has 1 amide bonds. The van der Waals surface area contributed by atoms with Gasteiger partial charge >= 0.3 is 0 Å². The van der Waals surface area contributed by atoms with E-state index in [1.54, 1.807) is 16.8 Å². The number of thioether (sulfide) groups is 1. The number of aromatic amines is 1. The molecule has 0 fully saturated rings. The van der Waals surface area contributed by atoms with Gasteiger partial charge in [-0.3, -0.25) is 9.59 Å². The maximum Gasteiger partial charge on any atom is 0.262 e. The van der Waals surface area contributed by atoms with Crippen molar-refractivity contribution in [3.8, 4) is 5.69 Å². The van der Waals surface area contributed by atoms with Crippen molar-refractivity contribution in [1.29, 1.82) is 0 Å². The topological polar surface area (TPSA) is 92.7 Å². The van der Waals surface area contributed by atoms with Gasteiger partial charge in [0.05, 0.1) is 23.7 Å². The van der Waals surface area contributed by atoms with Gasteiger partial charge in [-0.25, -0.2) is 14.1 Å². The van der Waals surface area contributed by atoms with Gasteiger partial charge in [0.1, 0.15) is 11.2 Å². The SMILES string of the molecule is O=C(CSc1nc2c(cnn2-c2ccccc2)c(=O)[nH]1)NC(c1ccc(F)cc1)c1cccs1. The molecule has 1 atom stereocenters. The molecule has 7 nitrogen and oxygen atoms in total. The van der Waals surface area contributed by atoms with Crippen LogP contribution in [0.3, 0.4) is 0 Å². The van der Waals surface area contributed by atoms with Crippen molar-refractivity contribution in [2.24, 2.45) is 0 Å². The number of halogens is 1. The summed E-state index contributed by atoms with van der Waals surface area (Å²) in [6.45, 7) is 0. The molecule has 0 aliphatic heterocycles. The number of nitrogens with one attached hydrogen (secondary N) is 2. The Labute approximate surface area is 201 Å². The standard InChI is InChI=1S/C24H18FN5O2S2/c25-16-10-8-15(9-11-16)21(19-7-4-12-33-19)27-20(31)14-34-24-28-22-18(23(32)29-24)13-26-30(22)17-5-2-1-3-6-17/h1-13,21H,14H2,(H,27,31)(H,28,29,32). The molecule has 2 N–H and O–H groups in total. The van der Waals surface area contributed by atoms with Gasteiger partial charge in [-0.2, -0.15) is 5.10 Å². The van der Waals surface area contributed by atoms with Crippen LogP contribution in [0.4, 0.5) is 4.39 Å². The first kappa shape index (κ1) is 22.1. The van der Waals surface area contributed by atoms with E-state index in [1.165, 1.54) is 29.7 Å². The molecule has 170 valence electrons. The number of rotatable bonds is 7. The van der Waals surface area contributed by atoms with Crippen LogP contribution in [0.5, 0.6) is 0 Å². The van der Waals surface area contributed by atoms with Crippen LogP contribution < -0.4 is 10.9 Å². The smallest absolute Gasteiger partial charge is 0.262 e. The van der Waals surface area contributed by atoms with Crippen molar-refractivity contribution < 1.29 is 9.18 Å². The van der Waals surface area contributed by atoms with Crippen molar-refractivity contribution in [1.82, 2.24) is 25.1 Å². The first-order valence-electron chi connectivity index (χ1n) is 10.3. The van der Waals surface area contributed by atoms with Crippen LogP contribution in [-0.4, -0.2) is 31.4 Å². The van der Waals surface area contributed by atoms with Gasteiger partial charge in [0, 0.05) is 4.88 Å². The Morgan fingerprint density at radius 3 is 2.65 bits per heavy atom. The molecule has 5 aromatic rings. The first-order valence-corrected chi connectivity index (χ1v) is 12.2. The lowest BCUT2D eigenvalue weighted by Crippen LogP contribution is -2.30. The van der Waals surface area contributed by atoms with Gasteiger partial charge in [0.2, 0.25) is 5.91 Å². The number of fused-ring (bicyclic) bond motifs is 1. The highest BCUT2D eigenvalue weighted by atomic mass is 32.2. The summed E-state index contributed by atoms with van der Waals surface area (Å²) in [6, 6.07) is 18.9. The Morgan fingerprint density at radius 2 is 1.91 bits per heavy atom. The van der Waals surface area contributed by atoms with Crippen LogP contribution in [0, 0.1) is 5.82 Å². The average Bonchev–Trinajstić information content (AvgIpc) is 3.53. The summed E-state index contributed by atoms with van der Waals surface area (Å²) in [5, 5.41) is 9.90. The number of para-hydroxylation sites is 1. The molecule has 0 spiro atoms. The van der Waals surface area contributed by atoms with Gasteiger partial charge in [-0.1, -0.05) is 48.2 Å². The monoisotopic (exact) mass is 491 g/mol. The third-order valence-corrected chi connectivity index (χ3v) is 6.90. The zero-order valence-electron chi connectivity index (χ0n) is 17.6. The van der Waals surface area contributed by atoms with Crippen molar-refractivity contribution in [2.75, 3.05) is 5.75 Å². The summed E-state index contributed by atoms with van der Waals surface area (Å²) in [5.74, 6) is -0.542. The minimum absolute atomic E-state index is 0.0387. The lowest BCUT2D eigenvalue weighted by Gasteiger charge is -2.18. The number of carbonyl (C=O) groups is 1. The molecule has 0 saturated heterocycles. The summed E-state index contributed by atoms with van der Waals surface area (Å²) in [7, 11) is 0. The van der Waals surface area contributed by atoms with Crippen LogP contribution in [0.15, 0.2) is 88.3 Å². The van der Waals surface area contributed by atoms with Crippen molar-refractivity contribution in [2.45, 2.75) is 11.2 Å². The molecule has 0 bridgehead atoms. The van der Waals surface area contributed by atoms with Crippen molar-refractivity contribution in [3.63, 3.8) is 0 Å². The van der Waals surface area contributed by atoms with Crippen LogP contribution >= 0.6 is 23.1 Å². The number of aromatic nitrogens is 4. The zero-order chi connectivity index (χ0) is 23.5. The fourth-order valence-corrected chi connectivity index (χ4v) is 4.96. The Morgan fingerprint density at radius 1 is 1.12 bits per heavy atom. The molecular formula is C24H18FN5O2S2. The van der Waals surface area contributed by atoms with Gasteiger partial charge in [0.25, 0.3) is 5.56 Å². The third-order valence-electron chi connectivity index (χ3n) is 5.09. The van der Waals surface area contributed by atoms with Crippen molar-refractivity contribution in [3.05, 3.63) is 105 Å². The molecule has 1 unspecified atom stereocenters. The number of benzene rings is 2. The number of hydrogen-bond donors (Lipinski definition) is 2. The van der Waals surface area contributed by atoms with E-state index < -0.39 is 6.04 Å². The second kappa shape index (κ2) is 9.62. The summed E-state index contributed by atoms with van der Waals surface area (Å²) < 4.78 is 15.0. The number of thiophene rings is 1. The largest absolute Gasteiger partial charge is 0.344 e. The second-order valence-electron chi connectivity index (χ2n) is 7.36. The molecule has 0 saturated carbocycles. The van der Waals surface area contributed by atoms with Gasteiger partial charge < -0.3 is 10.3 Å². The van der Waals surface area contributed by atoms with Crippen LogP contribution in [0.1, 0.15) is 16.5 Å². The molecule has 0 aliphatic carbocycles. The minimum atomic E-state index is -0.400. The summed E-state index contributed by atoms with van der Waals surface area (Å²) >= 11 is 2.63. The fraction of sp³-hybridized carbons (Fsp3) is 0.0833. The second-order valence-corrected chi connectivity index (χ2v) is 9.30. The number of amides is 1. The van der Waals surface area contributed by atoms with E-state index in [-0.39, 0.29) is 23.0 Å². The van der Waals surface area contributed by atoms with E-state index in [2.05, 4.69) is 20.4 Å². The van der Waals surface area contributed by atoms with E-state index in [1.807, 2.05) is 47.8 Å². The lowest BCUT2D eigenvalue weighted by atomic mass is 10.1. The van der Waals surface area contributed by atoms with E-state index in [0.29, 0.717) is 16.2 Å². The van der Waals surface area contributed by atoms with Gasteiger partial charge in [0.15, 0.2) is 10.8 Å². The summed E-state index contributed by atoms with van der Waals surface area (Å²) in [5.41, 5.74) is 1.66. The number of H-pyrrole nitrogens is 1. The van der Waals surface area contributed by atoms with Crippen molar-refractivity contribution >= 4 is 40.0 Å². The van der Waals surface area contributed by atoms with Crippen LogP contribution in [0.25, 0.3) is 16.7 Å². The minimum Gasteiger partial charge on any atom is -0.344 e. The predicted molar refractivity (Wildman–Crippen MR) is 131 cm³/mol. The molecule has 0 aliphatic rings. The molecular weight excluding hydrogens is 473 g/mol.